The standard InChI is InChI=1S/C9H15N3O3S/c1-6(2)3-4-12-8(15)10-11-9(12)16-5-7(13)14/h6H,3-5H2,1-2H3,(H,10,15)(H,13,14). The third-order valence-electron chi connectivity index (χ3n) is 1.98. The Bertz CT molecular complexity index is 410. The molecular formula is C9H15N3O3S. The lowest BCUT2D eigenvalue weighted by atomic mass is 10.1. The van der Waals surface area contributed by atoms with E-state index in [-0.39, 0.29) is 11.4 Å². The summed E-state index contributed by atoms with van der Waals surface area (Å²) >= 11 is 1.05. The van der Waals surface area contributed by atoms with Gasteiger partial charge in [-0.3, -0.25) is 9.36 Å². The quantitative estimate of drug-likeness (QED) is 0.723. The van der Waals surface area contributed by atoms with Crippen molar-refractivity contribution in [1.82, 2.24) is 14.8 Å². The molecule has 1 rings (SSSR count). The topological polar surface area (TPSA) is 88.0 Å². The van der Waals surface area contributed by atoms with Gasteiger partial charge in [-0.15, -0.1) is 5.10 Å². The van der Waals surface area contributed by atoms with E-state index in [1.54, 1.807) is 0 Å². The fraction of sp³-hybridized carbons (Fsp3) is 0.667. The number of hydrogen-bond acceptors (Lipinski definition) is 4. The number of nitrogens with one attached hydrogen (secondary N) is 1. The monoisotopic (exact) mass is 245 g/mol. The van der Waals surface area contributed by atoms with Gasteiger partial charge in [0.25, 0.3) is 0 Å². The first-order chi connectivity index (χ1) is 7.50. The maximum atomic E-state index is 11.4. The van der Waals surface area contributed by atoms with Gasteiger partial charge in [-0.1, -0.05) is 25.6 Å². The minimum absolute atomic E-state index is 0.0913. The van der Waals surface area contributed by atoms with Crippen molar-refractivity contribution in [2.75, 3.05) is 5.75 Å². The first kappa shape index (κ1) is 12.8. The largest absolute Gasteiger partial charge is 0.481 e. The highest BCUT2D eigenvalue weighted by Crippen LogP contribution is 2.13. The van der Waals surface area contributed by atoms with E-state index in [4.69, 9.17) is 5.11 Å². The molecule has 1 heterocycles. The number of carboxylic acids is 1. The lowest BCUT2D eigenvalue weighted by molar-refractivity contribution is -0.133. The predicted molar refractivity (Wildman–Crippen MR) is 60.7 cm³/mol. The number of carbonyl (C=O) groups is 1. The van der Waals surface area contributed by atoms with E-state index >= 15 is 0 Å². The van der Waals surface area contributed by atoms with Crippen molar-refractivity contribution in [2.24, 2.45) is 5.92 Å². The van der Waals surface area contributed by atoms with Crippen molar-refractivity contribution in [3.8, 4) is 0 Å². The summed E-state index contributed by atoms with van der Waals surface area (Å²) in [7, 11) is 0. The average molecular weight is 245 g/mol. The van der Waals surface area contributed by atoms with Gasteiger partial charge in [0.2, 0.25) is 0 Å². The van der Waals surface area contributed by atoms with Crippen LogP contribution in [-0.4, -0.2) is 31.6 Å². The smallest absolute Gasteiger partial charge is 0.343 e. The third-order valence-corrected chi connectivity index (χ3v) is 2.94. The van der Waals surface area contributed by atoms with Gasteiger partial charge in [-0.25, -0.2) is 9.89 Å². The zero-order valence-electron chi connectivity index (χ0n) is 9.27. The molecule has 0 aliphatic carbocycles. The molecule has 6 nitrogen and oxygen atoms in total. The Kier molecular flexibility index (Phi) is 4.60. The maximum absolute atomic E-state index is 11.4. The molecule has 0 radical (unpaired) electrons. The highest BCUT2D eigenvalue weighted by Gasteiger charge is 2.10. The van der Waals surface area contributed by atoms with Crippen LogP contribution in [-0.2, 0) is 11.3 Å². The Morgan fingerprint density at radius 3 is 2.88 bits per heavy atom. The Morgan fingerprint density at radius 1 is 1.62 bits per heavy atom. The summed E-state index contributed by atoms with van der Waals surface area (Å²) in [5.74, 6) is -0.526. The van der Waals surface area contributed by atoms with E-state index < -0.39 is 5.97 Å². The van der Waals surface area contributed by atoms with Crippen LogP contribution in [0.15, 0.2) is 9.95 Å². The molecule has 2 N–H and O–H groups in total. The number of carboxylic acid groups (broad SMARTS) is 1. The predicted octanol–water partition coefficient (Wildman–Crippen LogP) is 0.794. The van der Waals surface area contributed by atoms with Crippen molar-refractivity contribution < 1.29 is 9.90 Å². The number of hydrogen-bond donors (Lipinski definition) is 2. The van der Waals surface area contributed by atoms with Crippen LogP contribution < -0.4 is 5.69 Å². The van der Waals surface area contributed by atoms with E-state index in [0.29, 0.717) is 17.6 Å². The molecular weight excluding hydrogens is 230 g/mol. The van der Waals surface area contributed by atoms with Crippen molar-refractivity contribution in [3.63, 3.8) is 0 Å². The van der Waals surface area contributed by atoms with Gasteiger partial charge in [0.05, 0.1) is 5.75 Å². The molecule has 0 unspecified atom stereocenters. The van der Waals surface area contributed by atoms with Crippen molar-refractivity contribution in [3.05, 3.63) is 10.5 Å². The molecule has 0 saturated heterocycles. The highest BCUT2D eigenvalue weighted by atomic mass is 32.2. The summed E-state index contributed by atoms with van der Waals surface area (Å²) in [6.45, 7) is 4.69. The number of rotatable bonds is 6. The van der Waals surface area contributed by atoms with Gasteiger partial charge in [0.15, 0.2) is 5.16 Å². The maximum Gasteiger partial charge on any atom is 0.343 e. The van der Waals surface area contributed by atoms with Crippen LogP contribution in [0, 0.1) is 5.92 Å². The lowest BCUT2D eigenvalue weighted by Crippen LogP contribution is -2.18. The number of aromatic amines is 1. The number of aromatic nitrogens is 3. The van der Waals surface area contributed by atoms with Crippen LogP contribution in [0.5, 0.6) is 0 Å². The molecule has 1 aromatic heterocycles. The first-order valence-electron chi connectivity index (χ1n) is 5.00. The Labute approximate surface area is 97.1 Å². The highest BCUT2D eigenvalue weighted by molar-refractivity contribution is 7.99. The van der Waals surface area contributed by atoms with E-state index in [9.17, 15) is 9.59 Å². The molecule has 90 valence electrons. The van der Waals surface area contributed by atoms with Gasteiger partial charge in [0, 0.05) is 6.54 Å². The minimum Gasteiger partial charge on any atom is -0.481 e. The Morgan fingerprint density at radius 2 is 2.31 bits per heavy atom. The molecule has 0 bridgehead atoms. The fourth-order valence-corrected chi connectivity index (χ4v) is 1.82. The summed E-state index contributed by atoms with van der Waals surface area (Å²) in [5.41, 5.74) is -0.284. The number of nitrogens with zero attached hydrogens (tertiary/aromatic N) is 2. The summed E-state index contributed by atoms with van der Waals surface area (Å²) in [6, 6.07) is 0. The molecule has 0 fully saturated rings. The molecule has 0 saturated carbocycles. The molecule has 16 heavy (non-hydrogen) atoms. The second kappa shape index (κ2) is 5.74. The van der Waals surface area contributed by atoms with E-state index in [0.717, 1.165) is 18.2 Å². The van der Waals surface area contributed by atoms with Crippen LogP contribution in [0.1, 0.15) is 20.3 Å². The molecule has 0 aliphatic heterocycles. The van der Waals surface area contributed by atoms with Gasteiger partial charge >= 0.3 is 11.7 Å². The molecule has 0 aromatic carbocycles. The van der Waals surface area contributed by atoms with E-state index in [1.165, 1.54) is 4.57 Å². The average Bonchev–Trinajstić information content (AvgIpc) is 2.53. The van der Waals surface area contributed by atoms with Crippen LogP contribution in [0.25, 0.3) is 0 Å². The van der Waals surface area contributed by atoms with Gasteiger partial charge < -0.3 is 5.11 Å². The zero-order valence-corrected chi connectivity index (χ0v) is 10.1. The van der Waals surface area contributed by atoms with Crippen LogP contribution in [0.3, 0.4) is 0 Å². The Hall–Kier alpha value is -1.24. The van der Waals surface area contributed by atoms with Crippen molar-refractivity contribution in [1.29, 1.82) is 0 Å². The third kappa shape index (κ3) is 3.73. The summed E-state index contributed by atoms with van der Waals surface area (Å²) in [4.78, 5) is 21.8. The van der Waals surface area contributed by atoms with Gasteiger partial charge in [-0.2, -0.15) is 0 Å². The SMILES string of the molecule is CC(C)CCn1c(SCC(=O)O)n[nH]c1=O. The molecule has 0 atom stereocenters. The van der Waals surface area contributed by atoms with Gasteiger partial charge in [0.1, 0.15) is 0 Å². The minimum atomic E-state index is -0.921. The van der Waals surface area contributed by atoms with Crippen LogP contribution in [0.2, 0.25) is 0 Å². The second-order valence-corrected chi connectivity index (χ2v) is 4.77. The van der Waals surface area contributed by atoms with E-state index in [2.05, 4.69) is 24.0 Å². The van der Waals surface area contributed by atoms with Crippen molar-refractivity contribution in [2.45, 2.75) is 32.0 Å². The van der Waals surface area contributed by atoms with Gasteiger partial charge in [-0.05, 0) is 12.3 Å². The second-order valence-electron chi connectivity index (χ2n) is 3.83. The van der Waals surface area contributed by atoms with Crippen molar-refractivity contribution >= 4 is 17.7 Å². The molecule has 0 aliphatic rings. The Balaban J connectivity index is 2.69. The summed E-state index contributed by atoms with van der Waals surface area (Å²) < 4.78 is 1.48. The van der Waals surface area contributed by atoms with E-state index in [1.807, 2.05) is 0 Å². The fourth-order valence-electron chi connectivity index (χ4n) is 1.12. The summed E-state index contributed by atoms with van der Waals surface area (Å²) in [6.07, 6.45) is 0.861. The molecule has 7 heteroatoms. The lowest BCUT2D eigenvalue weighted by Gasteiger charge is -2.06. The normalized spacial score (nSPS) is 10.9. The number of thioether (sulfide) groups is 1. The molecule has 0 spiro atoms. The number of aliphatic carboxylic acids is 1. The van der Waals surface area contributed by atoms with Crippen LogP contribution >= 0.6 is 11.8 Å². The molecule has 0 amide bonds. The number of H-pyrrole nitrogens is 1. The zero-order chi connectivity index (χ0) is 12.1. The summed E-state index contributed by atoms with van der Waals surface area (Å²) in [5, 5.41) is 15.1. The van der Waals surface area contributed by atoms with Crippen LogP contribution in [0.4, 0.5) is 0 Å². The molecule has 1 aromatic rings. The first-order valence-corrected chi connectivity index (χ1v) is 5.99.